The molecule has 0 saturated carbocycles. The molecule has 0 unspecified atom stereocenters. The van der Waals surface area contributed by atoms with E-state index in [1.165, 1.54) is 18.1 Å². The maximum absolute atomic E-state index is 13.5. The minimum Gasteiger partial charge on any atom is -0.485 e. The molecule has 34 heavy (non-hydrogen) atoms. The molecule has 0 aliphatic heterocycles. The van der Waals surface area contributed by atoms with Gasteiger partial charge in [0.1, 0.15) is 13.2 Å². The Morgan fingerprint density at radius 2 is 1.82 bits per heavy atom. The Bertz CT molecular complexity index is 1120. The molecule has 184 valence electrons. The zero-order valence-corrected chi connectivity index (χ0v) is 21.2. The third kappa shape index (κ3) is 7.65. The summed E-state index contributed by atoms with van der Waals surface area (Å²) in [6.45, 7) is 14.6. The fourth-order valence-corrected chi connectivity index (χ4v) is 3.59. The van der Waals surface area contributed by atoms with E-state index in [0.29, 0.717) is 30.1 Å². The van der Waals surface area contributed by atoms with Gasteiger partial charge in [0.25, 0.3) is 5.56 Å². The van der Waals surface area contributed by atoms with Crippen molar-refractivity contribution in [2.45, 2.75) is 66.8 Å². The second kappa shape index (κ2) is 13.4. The fraction of sp³-hybridized carbons (Fsp3) is 0.429. The van der Waals surface area contributed by atoms with E-state index in [0.717, 1.165) is 31.1 Å². The molecule has 0 atom stereocenters. The zero-order valence-electron chi connectivity index (χ0n) is 21.2. The van der Waals surface area contributed by atoms with Gasteiger partial charge in [0.15, 0.2) is 5.75 Å². The summed E-state index contributed by atoms with van der Waals surface area (Å²) in [7, 11) is 0. The number of unbranched alkanes of at least 4 members (excludes halogenated alkanes) is 1. The van der Waals surface area contributed by atoms with E-state index in [4.69, 9.17) is 9.47 Å². The standard InChI is InChI=1S/C28H38N2O4/c1-7-9-16-30-25-19-23(29-22(6)31)13-14-24(25)26(27(28(30)32)33-17-8-2)34-18-15-21(5)12-10-11-20(3)4/h8,11,13-15,19H,2,7,9-10,12,16-18H2,1,3-6H3,(H,29,31)/b21-15+. The second-order valence-electron chi connectivity index (χ2n) is 8.66. The van der Waals surface area contributed by atoms with Crippen molar-refractivity contribution in [2.24, 2.45) is 0 Å². The number of anilines is 1. The summed E-state index contributed by atoms with van der Waals surface area (Å²) in [6, 6.07) is 5.49. The molecular weight excluding hydrogens is 428 g/mol. The summed E-state index contributed by atoms with van der Waals surface area (Å²) in [6.07, 6.45) is 9.59. The van der Waals surface area contributed by atoms with Gasteiger partial charge in [-0.2, -0.15) is 0 Å². The first kappa shape index (κ1) is 27.0. The number of pyridine rings is 1. The molecule has 0 saturated heterocycles. The Labute approximate surface area is 203 Å². The Kier molecular flexibility index (Phi) is 10.7. The Hall–Kier alpha value is -3.28. The first-order valence-electron chi connectivity index (χ1n) is 11.9. The molecule has 0 aliphatic rings. The number of rotatable bonds is 13. The number of allylic oxidation sites excluding steroid dienone is 3. The van der Waals surface area contributed by atoms with E-state index in [2.05, 4.69) is 45.7 Å². The Morgan fingerprint density at radius 1 is 1.09 bits per heavy atom. The van der Waals surface area contributed by atoms with E-state index in [9.17, 15) is 9.59 Å². The molecule has 2 rings (SSSR count). The molecule has 1 aromatic heterocycles. The van der Waals surface area contributed by atoms with Gasteiger partial charge in [-0.05, 0) is 64.3 Å². The van der Waals surface area contributed by atoms with Crippen molar-refractivity contribution in [1.82, 2.24) is 4.57 Å². The maximum atomic E-state index is 13.5. The van der Waals surface area contributed by atoms with Gasteiger partial charge in [0.2, 0.25) is 11.7 Å². The molecular formula is C28H38N2O4. The Balaban J connectivity index is 2.53. The van der Waals surface area contributed by atoms with Crippen LogP contribution in [0.5, 0.6) is 11.5 Å². The third-order valence-corrected chi connectivity index (χ3v) is 5.33. The number of amides is 1. The average molecular weight is 467 g/mol. The molecule has 6 heteroatoms. The lowest BCUT2D eigenvalue weighted by Gasteiger charge is -2.19. The maximum Gasteiger partial charge on any atom is 0.297 e. The first-order valence-corrected chi connectivity index (χ1v) is 11.9. The number of carbonyl (C=O) groups excluding carboxylic acids is 1. The van der Waals surface area contributed by atoms with Crippen molar-refractivity contribution in [3.8, 4) is 11.5 Å². The van der Waals surface area contributed by atoms with Crippen molar-refractivity contribution in [1.29, 1.82) is 0 Å². The molecule has 0 aliphatic carbocycles. The highest BCUT2D eigenvalue weighted by atomic mass is 16.5. The van der Waals surface area contributed by atoms with E-state index in [1.54, 1.807) is 10.6 Å². The summed E-state index contributed by atoms with van der Waals surface area (Å²) in [5, 5.41) is 3.56. The van der Waals surface area contributed by atoms with Gasteiger partial charge < -0.3 is 19.4 Å². The second-order valence-corrected chi connectivity index (χ2v) is 8.66. The van der Waals surface area contributed by atoms with E-state index in [1.807, 2.05) is 24.3 Å². The summed E-state index contributed by atoms with van der Waals surface area (Å²) in [4.78, 5) is 25.1. The van der Waals surface area contributed by atoms with Crippen LogP contribution in [0.3, 0.4) is 0 Å². The summed E-state index contributed by atoms with van der Waals surface area (Å²) in [5.41, 5.74) is 3.61. The average Bonchev–Trinajstić information content (AvgIpc) is 2.77. The van der Waals surface area contributed by atoms with Crippen LogP contribution in [0, 0.1) is 0 Å². The van der Waals surface area contributed by atoms with E-state index < -0.39 is 0 Å². The summed E-state index contributed by atoms with van der Waals surface area (Å²) >= 11 is 0. The van der Waals surface area contributed by atoms with Crippen molar-refractivity contribution in [3.63, 3.8) is 0 Å². The van der Waals surface area contributed by atoms with Gasteiger partial charge >= 0.3 is 0 Å². The van der Waals surface area contributed by atoms with Crippen LogP contribution in [-0.2, 0) is 11.3 Å². The molecule has 1 amide bonds. The third-order valence-electron chi connectivity index (χ3n) is 5.33. The highest BCUT2D eigenvalue weighted by molar-refractivity contribution is 5.94. The number of hydrogen-bond acceptors (Lipinski definition) is 4. The Morgan fingerprint density at radius 3 is 2.47 bits per heavy atom. The highest BCUT2D eigenvalue weighted by Gasteiger charge is 2.20. The van der Waals surface area contributed by atoms with Gasteiger partial charge in [-0.25, -0.2) is 0 Å². The predicted molar refractivity (Wildman–Crippen MR) is 141 cm³/mol. The van der Waals surface area contributed by atoms with Crippen LogP contribution < -0.4 is 20.3 Å². The number of benzene rings is 1. The SMILES string of the molecule is C=CCOc1c(OC/C=C(\C)CCC=C(C)C)c2ccc(NC(C)=O)cc2n(CCCC)c1=O. The number of nitrogens with one attached hydrogen (secondary N) is 1. The summed E-state index contributed by atoms with van der Waals surface area (Å²) < 4.78 is 13.7. The molecule has 0 radical (unpaired) electrons. The highest BCUT2D eigenvalue weighted by Crippen LogP contribution is 2.34. The summed E-state index contributed by atoms with van der Waals surface area (Å²) in [5.74, 6) is 0.432. The predicted octanol–water partition coefficient (Wildman–Crippen LogP) is 6.40. The van der Waals surface area contributed by atoms with E-state index in [-0.39, 0.29) is 23.8 Å². The number of nitrogens with zero attached hydrogens (tertiary/aromatic N) is 1. The molecule has 1 aromatic carbocycles. The number of hydrogen-bond donors (Lipinski definition) is 1. The fourth-order valence-electron chi connectivity index (χ4n) is 3.59. The van der Waals surface area contributed by atoms with Gasteiger partial charge in [-0.1, -0.05) is 43.2 Å². The number of ether oxygens (including phenoxy) is 2. The van der Waals surface area contributed by atoms with Crippen LogP contribution >= 0.6 is 0 Å². The van der Waals surface area contributed by atoms with Crippen LogP contribution in [0.4, 0.5) is 5.69 Å². The molecule has 0 spiro atoms. The topological polar surface area (TPSA) is 69.6 Å². The molecule has 1 heterocycles. The van der Waals surface area contributed by atoms with Crippen LogP contribution in [0.2, 0.25) is 0 Å². The molecule has 0 bridgehead atoms. The van der Waals surface area contributed by atoms with Crippen molar-refractivity contribution >= 4 is 22.5 Å². The first-order chi connectivity index (χ1) is 16.3. The smallest absolute Gasteiger partial charge is 0.297 e. The zero-order chi connectivity index (χ0) is 25.1. The molecule has 1 N–H and O–H groups in total. The van der Waals surface area contributed by atoms with Crippen molar-refractivity contribution in [2.75, 3.05) is 18.5 Å². The lowest BCUT2D eigenvalue weighted by Crippen LogP contribution is -2.24. The number of fused-ring (bicyclic) bond motifs is 1. The van der Waals surface area contributed by atoms with Gasteiger partial charge in [-0.3, -0.25) is 9.59 Å². The van der Waals surface area contributed by atoms with Crippen molar-refractivity contribution in [3.05, 3.63) is 64.5 Å². The van der Waals surface area contributed by atoms with Crippen LogP contribution in [-0.4, -0.2) is 23.7 Å². The number of carbonyl (C=O) groups is 1. The largest absolute Gasteiger partial charge is 0.485 e. The van der Waals surface area contributed by atoms with Gasteiger partial charge in [-0.15, -0.1) is 0 Å². The monoisotopic (exact) mass is 466 g/mol. The lowest BCUT2D eigenvalue weighted by molar-refractivity contribution is -0.114. The van der Waals surface area contributed by atoms with Crippen LogP contribution in [0.1, 0.15) is 60.3 Å². The van der Waals surface area contributed by atoms with Crippen LogP contribution in [0.15, 0.2) is 58.9 Å². The molecule has 0 fully saturated rings. The molecule has 6 nitrogen and oxygen atoms in total. The van der Waals surface area contributed by atoms with Crippen LogP contribution in [0.25, 0.3) is 10.9 Å². The number of aryl methyl sites for hydroxylation is 1. The minimum atomic E-state index is -0.248. The minimum absolute atomic E-state index is 0.169. The van der Waals surface area contributed by atoms with Gasteiger partial charge in [0.05, 0.1) is 5.52 Å². The lowest BCUT2D eigenvalue weighted by atomic mass is 10.1. The normalized spacial score (nSPS) is 11.3. The van der Waals surface area contributed by atoms with E-state index >= 15 is 0 Å². The number of aromatic nitrogens is 1. The van der Waals surface area contributed by atoms with Crippen molar-refractivity contribution < 1.29 is 14.3 Å². The quantitative estimate of drug-likeness (QED) is 0.347. The van der Waals surface area contributed by atoms with Gasteiger partial charge in [0, 0.05) is 24.5 Å². The molecule has 2 aromatic rings.